The van der Waals surface area contributed by atoms with Crippen molar-refractivity contribution in [2.75, 3.05) is 12.3 Å². The maximum absolute atomic E-state index is 5.95. The third-order valence-corrected chi connectivity index (χ3v) is 2.36. The maximum Gasteiger partial charge on any atom is 0.0405 e. The first-order valence-corrected chi connectivity index (χ1v) is 5.54. The standard InChI is InChI=1S/C13H20N2/c1-4-7-15-9-12-6-5-11(10(2)3)8-13(12)14/h5-6,8-10H,4,7,14H2,1-3H3/b15-9-. The monoisotopic (exact) mass is 204 g/mol. The minimum Gasteiger partial charge on any atom is -0.398 e. The third-order valence-electron chi connectivity index (χ3n) is 2.36. The van der Waals surface area contributed by atoms with E-state index in [9.17, 15) is 0 Å². The van der Waals surface area contributed by atoms with Crippen molar-refractivity contribution in [2.45, 2.75) is 33.1 Å². The minimum atomic E-state index is 0.522. The second kappa shape index (κ2) is 5.54. The van der Waals surface area contributed by atoms with Crippen LogP contribution in [0.2, 0.25) is 0 Å². The molecule has 0 bridgehead atoms. The first kappa shape index (κ1) is 11.8. The van der Waals surface area contributed by atoms with Gasteiger partial charge in [-0.05, 0) is 24.0 Å². The van der Waals surface area contributed by atoms with Gasteiger partial charge in [0.2, 0.25) is 0 Å². The summed E-state index contributed by atoms with van der Waals surface area (Å²) in [6.07, 6.45) is 2.93. The van der Waals surface area contributed by atoms with Crippen LogP contribution in [0.1, 0.15) is 44.2 Å². The van der Waals surface area contributed by atoms with E-state index in [0.29, 0.717) is 5.92 Å². The number of rotatable bonds is 4. The van der Waals surface area contributed by atoms with E-state index in [2.05, 4.69) is 31.8 Å². The highest BCUT2D eigenvalue weighted by molar-refractivity contribution is 5.87. The molecule has 0 saturated carbocycles. The Morgan fingerprint density at radius 3 is 2.67 bits per heavy atom. The summed E-state index contributed by atoms with van der Waals surface area (Å²) >= 11 is 0. The van der Waals surface area contributed by atoms with Gasteiger partial charge in [0.15, 0.2) is 0 Å². The Morgan fingerprint density at radius 1 is 1.40 bits per heavy atom. The van der Waals surface area contributed by atoms with Crippen molar-refractivity contribution in [3.05, 3.63) is 29.3 Å². The molecule has 2 heteroatoms. The molecule has 2 nitrogen and oxygen atoms in total. The lowest BCUT2D eigenvalue weighted by molar-refractivity contribution is 0.867. The molecule has 0 radical (unpaired) electrons. The maximum atomic E-state index is 5.95. The Balaban J connectivity index is 2.83. The summed E-state index contributed by atoms with van der Waals surface area (Å²) in [5.74, 6) is 0.522. The van der Waals surface area contributed by atoms with E-state index >= 15 is 0 Å². The van der Waals surface area contributed by atoms with Gasteiger partial charge in [0.1, 0.15) is 0 Å². The van der Waals surface area contributed by atoms with Crippen LogP contribution in [0.5, 0.6) is 0 Å². The Kier molecular flexibility index (Phi) is 4.35. The van der Waals surface area contributed by atoms with Gasteiger partial charge in [-0.25, -0.2) is 0 Å². The van der Waals surface area contributed by atoms with Crippen molar-refractivity contribution in [1.82, 2.24) is 0 Å². The lowest BCUT2D eigenvalue weighted by atomic mass is 10.0. The molecule has 2 N–H and O–H groups in total. The van der Waals surface area contributed by atoms with Crippen molar-refractivity contribution < 1.29 is 0 Å². The van der Waals surface area contributed by atoms with Crippen LogP contribution in [-0.2, 0) is 0 Å². The SMILES string of the molecule is CCC/N=C\c1ccc(C(C)C)cc1N. The summed E-state index contributed by atoms with van der Waals surface area (Å²) in [5.41, 5.74) is 9.07. The second-order valence-corrected chi connectivity index (χ2v) is 4.08. The zero-order valence-corrected chi connectivity index (χ0v) is 9.83. The Morgan fingerprint density at radius 2 is 2.13 bits per heavy atom. The van der Waals surface area contributed by atoms with Gasteiger partial charge in [-0.15, -0.1) is 0 Å². The molecule has 0 aliphatic carbocycles. The molecule has 0 atom stereocenters. The summed E-state index contributed by atoms with van der Waals surface area (Å²) < 4.78 is 0. The van der Waals surface area contributed by atoms with Gasteiger partial charge in [0.25, 0.3) is 0 Å². The van der Waals surface area contributed by atoms with Crippen LogP contribution in [0.4, 0.5) is 5.69 Å². The molecular weight excluding hydrogens is 184 g/mol. The molecule has 0 saturated heterocycles. The lowest BCUT2D eigenvalue weighted by Gasteiger charge is -2.07. The fourth-order valence-corrected chi connectivity index (χ4v) is 1.36. The number of nitrogen functional groups attached to an aromatic ring is 1. The topological polar surface area (TPSA) is 38.4 Å². The number of hydrogen-bond donors (Lipinski definition) is 1. The summed E-state index contributed by atoms with van der Waals surface area (Å²) in [6.45, 7) is 7.31. The molecule has 0 unspecified atom stereocenters. The highest BCUT2D eigenvalue weighted by atomic mass is 14.7. The average molecular weight is 204 g/mol. The minimum absolute atomic E-state index is 0.522. The van der Waals surface area contributed by atoms with E-state index in [4.69, 9.17) is 5.73 Å². The van der Waals surface area contributed by atoms with Gasteiger partial charge in [-0.2, -0.15) is 0 Å². The second-order valence-electron chi connectivity index (χ2n) is 4.08. The summed E-state index contributed by atoms with van der Waals surface area (Å²) in [4.78, 5) is 4.29. The van der Waals surface area contributed by atoms with Gasteiger partial charge in [0, 0.05) is 24.0 Å². The molecule has 1 rings (SSSR count). The smallest absolute Gasteiger partial charge is 0.0405 e. The summed E-state index contributed by atoms with van der Waals surface area (Å²) in [6, 6.07) is 6.20. The van der Waals surface area contributed by atoms with Crippen LogP contribution >= 0.6 is 0 Å². The first-order valence-electron chi connectivity index (χ1n) is 5.54. The van der Waals surface area contributed by atoms with E-state index in [1.807, 2.05) is 18.3 Å². The quantitative estimate of drug-likeness (QED) is 0.593. The molecule has 0 aliphatic heterocycles. The van der Waals surface area contributed by atoms with Crippen LogP contribution in [0.25, 0.3) is 0 Å². The van der Waals surface area contributed by atoms with Crippen molar-refractivity contribution in [2.24, 2.45) is 4.99 Å². The molecule has 0 aromatic heterocycles. The van der Waals surface area contributed by atoms with E-state index < -0.39 is 0 Å². The highest BCUT2D eigenvalue weighted by Gasteiger charge is 2.01. The van der Waals surface area contributed by atoms with Gasteiger partial charge in [0.05, 0.1) is 0 Å². The van der Waals surface area contributed by atoms with Crippen LogP contribution in [0.3, 0.4) is 0 Å². The summed E-state index contributed by atoms with van der Waals surface area (Å²) in [5, 5.41) is 0. The Labute approximate surface area is 92.2 Å². The van der Waals surface area contributed by atoms with Crippen LogP contribution in [-0.4, -0.2) is 12.8 Å². The average Bonchev–Trinajstić information content (AvgIpc) is 2.20. The Bertz CT molecular complexity index is 340. The fourth-order valence-electron chi connectivity index (χ4n) is 1.36. The van der Waals surface area contributed by atoms with Crippen molar-refractivity contribution in [1.29, 1.82) is 0 Å². The Hall–Kier alpha value is -1.31. The molecule has 82 valence electrons. The van der Waals surface area contributed by atoms with E-state index in [1.165, 1.54) is 5.56 Å². The van der Waals surface area contributed by atoms with E-state index in [1.54, 1.807) is 0 Å². The molecule has 0 spiro atoms. The van der Waals surface area contributed by atoms with Crippen LogP contribution < -0.4 is 5.73 Å². The van der Waals surface area contributed by atoms with Crippen LogP contribution in [0, 0.1) is 0 Å². The molecule has 0 amide bonds. The van der Waals surface area contributed by atoms with Crippen LogP contribution in [0.15, 0.2) is 23.2 Å². The summed E-state index contributed by atoms with van der Waals surface area (Å²) in [7, 11) is 0. The number of anilines is 1. The largest absolute Gasteiger partial charge is 0.398 e. The first-order chi connectivity index (χ1) is 7.15. The number of benzene rings is 1. The molecule has 15 heavy (non-hydrogen) atoms. The zero-order chi connectivity index (χ0) is 11.3. The predicted molar refractivity (Wildman–Crippen MR) is 67.7 cm³/mol. The normalized spacial score (nSPS) is 11.5. The van der Waals surface area contributed by atoms with Gasteiger partial charge < -0.3 is 5.73 Å². The number of nitrogens with two attached hydrogens (primary N) is 1. The molecule has 0 heterocycles. The fraction of sp³-hybridized carbons (Fsp3) is 0.462. The van der Waals surface area contributed by atoms with E-state index in [-0.39, 0.29) is 0 Å². The molecule has 1 aromatic carbocycles. The number of nitrogens with zero attached hydrogens (tertiary/aromatic N) is 1. The predicted octanol–water partition coefficient (Wildman–Crippen LogP) is 3.22. The number of hydrogen-bond acceptors (Lipinski definition) is 2. The van der Waals surface area contributed by atoms with Gasteiger partial charge in [-0.3, -0.25) is 4.99 Å². The van der Waals surface area contributed by atoms with E-state index in [0.717, 1.165) is 24.2 Å². The number of aliphatic imine (C=N–C) groups is 1. The molecule has 0 aliphatic rings. The van der Waals surface area contributed by atoms with Crippen molar-refractivity contribution in [3.63, 3.8) is 0 Å². The highest BCUT2D eigenvalue weighted by Crippen LogP contribution is 2.19. The van der Waals surface area contributed by atoms with Crippen molar-refractivity contribution in [3.8, 4) is 0 Å². The van der Waals surface area contributed by atoms with Gasteiger partial charge in [-0.1, -0.05) is 32.9 Å². The van der Waals surface area contributed by atoms with Gasteiger partial charge >= 0.3 is 0 Å². The molecular formula is C13H20N2. The molecule has 0 fully saturated rings. The lowest BCUT2D eigenvalue weighted by Crippen LogP contribution is -1.97. The zero-order valence-electron chi connectivity index (χ0n) is 9.83. The van der Waals surface area contributed by atoms with Crippen molar-refractivity contribution >= 4 is 11.9 Å². The molecule has 1 aromatic rings. The third kappa shape index (κ3) is 3.39.